The second kappa shape index (κ2) is 4.89. The maximum atomic E-state index is 4.19. The quantitative estimate of drug-likeness (QED) is 0.875. The van der Waals surface area contributed by atoms with Gasteiger partial charge in [0.15, 0.2) is 5.82 Å². The van der Waals surface area contributed by atoms with E-state index in [-0.39, 0.29) is 5.54 Å². The topological polar surface area (TPSA) is 60.6 Å². The van der Waals surface area contributed by atoms with Crippen LogP contribution in [-0.2, 0) is 20.1 Å². The molecule has 0 aliphatic carbocycles. The van der Waals surface area contributed by atoms with Gasteiger partial charge in [0, 0.05) is 24.0 Å². The highest BCUT2D eigenvalue weighted by Gasteiger charge is 2.11. The minimum atomic E-state index is 0.111. The fourth-order valence-corrected chi connectivity index (χ4v) is 1.66. The fourth-order valence-electron chi connectivity index (χ4n) is 1.66. The molecule has 0 saturated carbocycles. The molecule has 0 radical (unpaired) electrons. The third-order valence-corrected chi connectivity index (χ3v) is 2.58. The molecule has 2 heterocycles. The maximum Gasteiger partial charge on any atom is 0.194 e. The normalized spacial score (nSPS) is 12.0. The molecule has 0 saturated heterocycles. The molecule has 0 amide bonds. The van der Waals surface area contributed by atoms with Crippen molar-refractivity contribution in [2.45, 2.75) is 39.4 Å². The number of aromatic nitrogens is 5. The molecule has 0 aliphatic rings. The second-order valence-corrected chi connectivity index (χ2v) is 5.43. The molecule has 2 rings (SSSR count). The molecule has 0 aliphatic heterocycles. The van der Waals surface area contributed by atoms with Crippen LogP contribution in [0.3, 0.4) is 0 Å². The van der Waals surface area contributed by atoms with E-state index in [9.17, 15) is 0 Å². The Morgan fingerprint density at radius 1 is 1.33 bits per heavy atom. The van der Waals surface area contributed by atoms with Crippen LogP contribution in [0.1, 0.15) is 32.3 Å². The van der Waals surface area contributed by atoms with Crippen LogP contribution in [-0.4, -0.2) is 30.3 Å². The number of hydrogen-bond acceptors (Lipinski definition) is 4. The van der Waals surface area contributed by atoms with E-state index < -0.39 is 0 Å². The minimum Gasteiger partial charge on any atom is -0.342 e. The highest BCUT2D eigenvalue weighted by Crippen LogP contribution is 2.07. The van der Waals surface area contributed by atoms with Crippen molar-refractivity contribution in [1.82, 2.24) is 30.1 Å². The third kappa shape index (κ3) is 3.40. The zero-order valence-electron chi connectivity index (χ0n) is 11.4. The lowest BCUT2D eigenvalue weighted by Crippen LogP contribution is -2.35. The van der Waals surface area contributed by atoms with E-state index in [0.29, 0.717) is 6.54 Å². The van der Waals surface area contributed by atoms with Gasteiger partial charge in [-0.15, -0.1) is 10.2 Å². The van der Waals surface area contributed by atoms with Gasteiger partial charge in [-0.25, -0.2) is 0 Å². The molecule has 1 N–H and O–H groups in total. The Labute approximate surface area is 107 Å². The molecular weight excluding hydrogens is 228 g/mol. The second-order valence-electron chi connectivity index (χ2n) is 5.43. The average Bonchev–Trinajstić information content (AvgIpc) is 2.85. The first-order valence-electron chi connectivity index (χ1n) is 6.06. The van der Waals surface area contributed by atoms with E-state index in [4.69, 9.17) is 0 Å². The van der Waals surface area contributed by atoms with Crippen LogP contribution in [0.5, 0.6) is 0 Å². The van der Waals surface area contributed by atoms with Gasteiger partial charge in [0.2, 0.25) is 0 Å². The van der Waals surface area contributed by atoms with Gasteiger partial charge in [-0.3, -0.25) is 0 Å². The molecule has 6 nitrogen and oxygen atoms in total. The lowest BCUT2D eigenvalue weighted by atomic mass is 10.1. The summed E-state index contributed by atoms with van der Waals surface area (Å²) in [7, 11) is 1.77. The number of tetrazole rings is 1. The molecule has 0 spiro atoms. The minimum absolute atomic E-state index is 0.111. The number of rotatable bonds is 4. The molecule has 0 unspecified atom stereocenters. The Kier molecular flexibility index (Phi) is 3.47. The van der Waals surface area contributed by atoms with E-state index in [1.54, 1.807) is 7.05 Å². The van der Waals surface area contributed by atoms with E-state index in [2.05, 4.69) is 52.1 Å². The highest BCUT2D eigenvalue weighted by molar-refractivity contribution is 5.08. The maximum absolute atomic E-state index is 4.19. The number of hydrogen-bond donors (Lipinski definition) is 1. The Bertz CT molecular complexity index is 505. The summed E-state index contributed by atoms with van der Waals surface area (Å²) in [6.07, 6.45) is 2.04. The van der Waals surface area contributed by atoms with Gasteiger partial charge in [0.05, 0.1) is 13.6 Å². The van der Waals surface area contributed by atoms with Crippen molar-refractivity contribution in [2.75, 3.05) is 0 Å². The zero-order chi connectivity index (χ0) is 13.2. The molecular formula is C12H20N6. The monoisotopic (exact) mass is 248 g/mol. The summed E-state index contributed by atoms with van der Waals surface area (Å²) in [5.41, 5.74) is 1.33. The Morgan fingerprint density at radius 2 is 2.11 bits per heavy atom. The van der Waals surface area contributed by atoms with Gasteiger partial charge in [0.25, 0.3) is 0 Å². The van der Waals surface area contributed by atoms with Crippen molar-refractivity contribution in [3.05, 3.63) is 29.8 Å². The van der Waals surface area contributed by atoms with Gasteiger partial charge < -0.3 is 9.88 Å². The number of nitrogens with one attached hydrogen (secondary N) is 1. The van der Waals surface area contributed by atoms with Crippen LogP contribution in [0.15, 0.2) is 18.3 Å². The first kappa shape index (κ1) is 12.8. The molecule has 98 valence electrons. The molecule has 6 heteroatoms. The summed E-state index contributed by atoms with van der Waals surface area (Å²) < 4.78 is 2.13. The molecule has 18 heavy (non-hydrogen) atoms. The molecule has 0 fully saturated rings. The lowest BCUT2D eigenvalue weighted by molar-refractivity contribution is 0.416. The van der Waals surface area contributed by atoms with E-state index in [1.807, 2.05) is 12.3 Å². The van der Waals surface area contributed by atoms with Crippen LogP contribution in [0.4, 0.5) is 0 Å². The molecule has 0 atom stereocenters. The van der Waals surface area contributed by atoms with Gasteiger partial charge in [-0.05, 0) is 38.1 Å². The number of nitrogens with zero attached hydrogens (tertiary/aromatic N) is 5. The third-order valence-electron chi connectivity index (χ3n) is 2.58. The molecule has 0 bridgehead atoms. The zero-order valence-corrected chi connectivity index (χ0v) is 11.4. The van der Waals surface area contributed by atoms with Gasteiger partial charge in [-0.2, -0.15) is 4.80 Å². The van der Waals surface area contributed by atoms with Crippen molar-refractivity contribution in [2.24, 2.45) is 7.05 Å². The van der Waals surface area contributed by atoms with Crippen LogP contribution >= 0.6 is 0 Å². The predicted molar refractivity (Wildman–Crippen MR) is 68.9 cm³/mol. The Hall–Kier alpha value is -1.69. The van der Waals surface area contributed by atoms with Crippen LogP contribution < -0.4 is 5.32 Å². The molecule has 2 aromatic rings. The van der Waals surface area contributed by atoms with E-state index in [0.717, 1.165) is 12.4 Å². The lowest BCUT2D eigenvalue weighted by Gasteiger charge is -2.21. The SMILES string of the molecule is Cn1nnc(Cn2cccc2CNC(C)(C)C)n1. The Morgan fingerprint density at radius 3 is 2.72 bits per heavy atom. The summed E-state index contributed by atoms with van der Waals surface area (Å²) >= 11 is 0. The van der Waals surface area contributed by atoms with Crippen molar-refractivity contribution >= 4 is 0 Å². The summed E-state index contributed by atoms with van der Waals surface area (Å²) in [6, 6.07) is 4.14. The number of aryl methyl sites for hydroxylation is 1. The average molecular weight is 248 g/mol. The van der Waals surface area contributed by atoms with Crippen molar-refractivity contribution in [3.8, 4) is 0 Å². The van der Waals surface area contributed by atoms with Gasteiger partial charge in [0.1, 0.15) is 0 Å². The molecule has 0 aromatic carbocycles. The van der Waals surface area contributed by atoms with E-state index in [1.165, 1.54) is 10.5 Å². The van der Waals surface area contributed by atoms with E-state index >= 15 is 0 Å². The highest BCUT2D eigenvalue weighted by atomic mass is 15.6. The summed E-state index contributed by atoms with van der Waals surface area (Å²) in [5, 5.41) is 15.5. The summed E-state index contributed by atoms with van der Waals surface area (Å²) in [5.74, 6) is 0.728. The van der Waals surface area contributed by atoms with Crippen molar-refractivity contribution in [3.63, 3.8) is 0 Å². The molecule has 2 aromatic heterocycles. The fraction of sp³-hybridized carbons (Fsp3) is 0.583. The first-order valence-corrected chi connectivity index (χ1v) is 6.06. The van der Waals surface area contributed by atoms with Gasteiger partial charge >= 0.3 is 0 Å². The van der Waals surface area contributed by atoms with Crippen molar-refractivity contribution in [1.29, 1.82) is 0 Å². The smallest absolute Gasteiger partial charge is 0.194 e. The van der Waals surface area contributed by atoms with Crippen molar-refractivity contribution < 1.29 is 0 Å². The Balaban J connectivity index is 2.03. The standard InChI is InChI=1S/C12H20N6/c1-12(2,3)13-8-10-6-5-7-18(10)9-11-14-16-17(4)15-11/h5-7,13H,8-9H2,1-4H3. The van der Waals surface area contributed by atoms with Crippen LogP contribution in [0.25, 0.3) is 0 Å². The van der Waals surface area contributed by atoms with Gasteiger partial charge in [-0.1, -0.05) is 0 Å². The summed E-state index contributed by atoms with van der Waals surface area (Å²) in [4.78, 5) is 1.48. The van der Waals surface area contributed by atoms with Crippen LogP contribution in [0.2, 0.25) is 0 Å². The largest absolute Gasteiger partial charge is 0.342 e. The predicted octanol–water partition coefficient (Wildman–Crippen LogP) is 0.948. The first-order chi connectivity index (χ1) is 8.44. The van der Waals surface area contributed by atoms with Crippen LogP contribution in [0, 0.1) is 0 Å². The summed E-state index contributed by atoms with van der Waals surface area (Å²) in [6.45, 7) is 7.96.